The predicted molar refractivity (Wildman–Crippen MR) is 131 cm³/mol. The summed E-state index contributed by atoms with van der Waals surface area (Å²) in [4.78, 5) is -0.345. The van der Waals surface area contributed by atoms with E-state index in [2.05, 4.69) is 4.72 Å². The number of sulfonamides is 1. The maximum atomic E-state index is 12.8. The summed E-state index contributed by atoms with van der Waals surface area (Å²) in [5.41, 5.74) is 2.42. The second kappa shape index (κ2) is 9.89. The topological polar surface area (TPSA) is 90.2 Å². The van der Waals surface area contributed by atoms with E-state index < -0.39 is 10.0 Å². The van der Waals surface area contributed by atoms with Crippen LogP contribution in [0.1, 0.15) is 70.2 Å². The van der Waals surface area contributed by atoms with Gasteiger partial charge < -0.3 is 5.11 Å². The number of hydrogen-bond acceptors (Lipinski definition) is 4. The molecule has 0 fully saturated rings. The molecular formula is C26H34N2O3S. The summed E-state index contributed by atoms with van der Waals surface area (Å²) in [6.07, 6.45) is 2.75. The molecule has 0 aromatic heterocycles. The molecule has 0 saturated heterocycles. The van der Waals surface area contributed by atoms with E-state index in [4.69, 9.17) is 0 Å². The van der Waals surface area contributed by atoms with Crippen molar-refractivity contribution in [2.75, 3.05) is 6.54 Å². The van der Waals surface area contributed by atoms with Gasteiger partial charge in [-0.3, -0.25) is 0 Å². The molecule has 0 radical (unpaired) electrons. The van der Waals surface area contributed by atoms with Crippen LogP contribution in [0.15, 0.2) is 47.4 Å². The van der Waals surface area contributed by atoms with E-state index >= 15 is 0 Å². The number of nitrogens with zero attached hydrogens (tertiary/aromatic N) is 1. The molecule has 6 heteroatoms. The van der Waals surface area contributed by atoms with Gasteiger partial charge in [0.2, 0.25) is 0 Å². The monoisotopic (exact) mass is 454 g/mol. The lowest BCUT2D eigenvalue weighted by molar-refractivity contribution is 0.423. The zero-order valence-electron chi connectivity index (χ0n) is 19.9. The van der Waals surface area contributed by atoms with Crippen molar-refractivity contribution in [3.8, 4) is 11.8 Å². The Kier molecular flexibility index (Phi) is 7.92. The summed E-state index contributed by atoms with van der Waals surface area (Å²) in [5.74, 6) is 0.211. The molecule has 0 aliphatic carbocycles. The summed E-state index contributed by atoms with van der Waals surface area (Å²) in [6.45, 7) is 12.1. The van der Waals surface area contributed by atoms with Gasteiger partial charge in [0.05, 0.1) is 0 Å². The minimum absolute atomic E-state index is 0.211. The highest BCUT2D eigenvalue weighted by Gasteiger charge is 2.27. The molecule has 0 saturated carbocycles. The molecule has 2 aromatic rings. The summed E-state index contributed by atoms with van der Waals surface area (Å²) >= 11 is 0. The van der Waals surface area contributed by atoms with Crippen LogP contribution in [0.25, 0.3) is 6.08 Å². The van der Waals surface area contributed by atoms with E-state index in [-0.39, 0.29) is 28.0 Å². The Hall–Kier alpha value is -2.62. The van der Waals surface area contributed by atoms with Gasteiger partial charge in [0, 0.05) is 17.7 Å². The number of benzene rings is 2. The van der Waals surface area contributed by atoms with Crippen LogP contribution >= 0.6 is 0 Å². The molecule has 5 nitrogen and oxygen atoms in total. The fraction of sp³-hybridized carbons (Fsp3) is 0.423. The number of phenolic OH excluding ortho intramolecular Hbond substituents is 1. The molecule has 0 aliphatic rings. The van der Waals surface area contributed by atoms with Crippen molar-refractivity contribution in [2.24, 2.45) is 0 Å². The lowest BCUT2D eigenvalue weighted by Gasteiger charge is -2.28. The molecule has 0 aliphatic heterocycles. The Morgan fingerprint density at radius 1 is 1.03 bits per heavy atom. The zero-order chi connectivity index (χ0) is 24.2. The van der Waals surface area contributed by atoms with Gasteiger partial charge in [0.15, 0.2) is 4.91 Å². The molecule has 2 rings (SSSR count). The van der Waals surface area contributed by atoms with Gasteiger partial charge >= 0.3 is 0 Å². The van der Waals surface area contributed by atoms with Crippen molar-refractivity contribution in [3.63, 3.8) is 0 Å². The predicted octanol–water partition coefficient (Wildman–Crippen LogP) is 5.40. The van der Waals surface area contributed by atoms with E-state index in [9.17, 15) is 18.8 Å². The molecule has 0 amide bonds. The van der Waals surface area contributed by atoms with Crippen molar-refractivity contribution in [2.45, 2.75) is 65.2 Å². The van der Waals surface area contributed by atoms with E-state index in [0.717, 1.165) is 12.0 Å². The zero-order valence-corrected chi connectivity index (χ0v) is 20.7. The number of phenols is 1. The van der Waals surface area contributed by atoms with E-state index in [1.807, 2.05) is 77.9 Å². The summed E-state index contributed by atoms with van der Waals surface area (Å²) < 4.78 is 28.0. The highest BCUT2D eigenvalue weighted by Crippen LogP contribution is 2.40. The Balaban J connectivity index is 2.32. The lowest BCUT2D eigenvalue weighted by Crippen LogP contribution is -2.26. The number of aryl methyl sites for hydroxylation is 1. The van der Waals surface area contributed by atoms with Gasteiger partial charge in [0.25, 0.3) is 10.0 Å². The molecule has 0 spiro atoms. The highest BCUT2D eigenvalue weighted by molar-refractivity contribution is 7.93. The number of aromatic hydroxyl groups is 1. The van der Waals surface area contributed by atoms with Gasteiger partial charge in [-0.1, -0.05) is 71.9 Å². The maximum absolute atomic E-state index is 12.8. The molecular weight excluding hydrogens is 420 g/mol. The first-order valence-corrected chi connectivity index (χ1v) is 12.3. The third-order valence-corrected chi connectivity index (χ3v) is 6.60. The largest absolute Gasteiger partial charge is 0.507 e. The minimum Gasteiger partial charge on any atom is -0.507 e. The molecule has 32 heavy (non-hydrogen) atoms. The normalized spacial score (nSPS) is 13.1. The van der Waals surface area contributed by atoms with Crippen LogP contribution < -0.4 is 4.72 Å². The second-order valence-corrected chi connectivity index (χ2v) is 11.8. The average molecular weight is 455 g/mol. The summed E-state index contributed by atoms with van der Waals surface area (Å²) in [5, 5.41) is 20.4. The molecule has 2 aromatic carbocycles. The van der Waals surface area contributed by atoms with Crippen molar-refractivity contribution in [3.05, 3.63) is 69.6 Å². The number of nitrogens with one attached hydrogen (secondary N) is 1. The fourth-order valence-electron chi connectivity index (χ4n) is 3.43. The van der Waals surface area contributed by atoms with Gasteiger partial charge in [-0.25, -0.2) is 13.1 Å². The first-order valence-electron chi connectivity index (χ1n) is 10.8. The van der Waals surface area contributed by atoms with Crippen molar-refractivity contribution >= 4 is 16.1 Å². The van der Waals surface area contributed by atoms with Gasteiger partial charge in [-0.15, -0.1) is 0 Å². The molecule has 172 valence electrons. The van der Waals surface area contributed by atoms with Crippen molar-refractivity contribution in [1.82, 2.24) is 4.72 Å². The highest BCUT2D eigenvalue weighted by atomic mass is 32.2. The van der Waals surface area contributed by atoms with Crippen LogP contribution in [0.3, 0.4) is 0 Å². The second-order valence-electron chi connectivity index (χ2n) is 10.1. The van der Waals surface area contributed by atoms with E-state index in [0.29, 0.717) is 23.1 Å². The minimum atomic E-state index is -3.94. The fourth-order valence-corrected chi connectivity index (χ4v) is 4.41. The van der Waals surface area contributed by atoms with E-state index in [1.165, 1.54) is 6.08 Å². The quantitative estimate of drug-likeness (QED) is 0.433. The van der Waals surface area contributed by atoms with Crippen molar-refractivity contribution < 1.29 is 13.5 Å². The molecule has 2 N–H and O–H groups in total. The van der Waals surface area contributed by atoms with Gasteiger partial charge in [-0.05, 0) is 53.0 Å². The van der Waals surface area contributed by atoms with Crippen molar-refractivity contribution in [1.29, 1.82) is 5.26 Å². The lowest BCUT2D eigenvalue weighted by atomic mass is 9.78. The number of nitriles is 1. The van der Waals surface area contributed by atoms with Crippen LogP contribution in [0, 0.1) is 11.3 Å². The Morgan fingerprint density at radius 3 is 2.03 bits per heavy atom. The third-order valence-electron chi connectivity index (χ3n) is 5.22. The van der Waals surface area contributed by atoms with Gasteiger partial charge in [-0.2, -0.15) is 5.26 Å². The first kappa shape index (κ1) is 25.6. The smallest absolute Gasteiger partial charge is 0.250 e. The molecule has 0 bridgehead atoms. The van der Waals surface area contributed by atoms with Crippen LogP contribution in [0.4, 0.5) is 0 Å². The molecule has 0 unspecified atom stereocenters. The summed E-state index contributed by atoms with van der Waals surface area (Å²) in [6, 6.07) is 15.2. The van der Waals surface area contributed by atoms with Crippen LogP contribution in [-0.2, 0) is 27.3 Å². The van der Waals surface area contributed by atoms with E-state index in [1.54, 1.807) is 12.1 Å². The SMILES string of the molecule is CC(C)(C)c1cc(/C=C(\C#N)S(=O)(=O)NCCCc2ccccc2)cc(C(C)(C)C)c1O. The third kappa shape index (κ3) is 6.69. The van der Waals surface area contributed by atoms with Gasteiger partial charge in [0.1, 0.15) is 11.8 Å². The van der Waals surface area contributed by atoms with Crippen LogP contribution in [0.5, 0.6) is 5.75 Å². The average Bonchev–Trinajstić information content (AvgIpc) is 2.69. The number of rotatable bonds is 7. The van der Waals surface area contributed by atoms with Crippen LogP contribution in [0.2, 0.25) is 0 Å². The first-order chi connectivity index (χ1) is 14.8. The summed E-state index contributed by atoms with van der Waals surface area (Å²) in [7, 11) is -3.94. The Bertz CT molecular complexity index is 1080. The number of hydrogen-bond donors (Lipinski definition) is 2. The molecule has 0 atom stereocenters. The van der Waals surface area contributed by atoms with Crippen LogP contribution in [-0.4, -0.2) is 20.1 Å². The standard InChI is InChI=1S/C26H34N2O3S/c1-25(2,3)22-16-20(17-23(24(22)29)26(4,5)6)15-21(18-27)32(30,31)28-14-10-13-19-11-8-7-9-12-19/h7-9,11-12,15-17,28-29H,10,13-14H2,1-6H3/b21-15+. The number of allylic oxidation sites excluding steroid dienone is 1. The Labute approximate surface area is 192 Å². The Morgan fingerprint density at radius 2 is 1.56 bits per heavy atom. The molecule has 0 heterocycles. The maximum Gasteiger partial charge on any atom is 0.250 e.